The second-order valence-corrected chi connectivity index (χ2v) is 5.38. The third-order valence-electron chi connectivity index (χ3n) is 3.98. The zero-order valence-electron chi connectivity index (χ0n) is 11.7. The fraction of sp³-hybridized carbons (Fsp3) is 0.800. The van der Waals surface area contributed by atoms with Crippen molar-refractivity contribution in [3.05, 3.63) is 12.7 Å². The molecule has 2 saturated heterocycles. The van der Waals surface area contributed by atoms with Gasteiger partial charge >= 0.3 is 0 Å². The molecule has 4 heteroatoms. The highest BCUT2D eigenvalue weighted by Gasteiger charge is 2.21. The van der Waals surface area contributed by atoms with Crippen molar-refractivity contribution >= 4 is 5.91 Å². The molecule has 0 aromatic carbocycles. The second-order valence-electron chi connectivity index (χ2n) is 5.38. The summed E-state index contributed by atoms with van der Waals surface area (Å²) in [6, 6.07) is 0. The molecule has 19 heavy (non-hydrogen) atoms. The Labute approximate surface area is 115 Å². The largest absolute Gasteiger partial charge is 0.378 e. The van der Waals surface area contributed by atoms with Crippen molar-refractivity contribution in [2.45, 2.75) is 50.7 Å². The van der Waals surface area contributed by atoms with Crippen LogP contribution >= 0.6 is 0 Å². The molecule has 0 N–H and O–H groups in total. The molecule has 2 fully saturated rings. The van der Waals surface area contributed by atoms with E-state index in [9.17, 15) is 4.79 Å². The summed E-state index contributed by atoms with van der Waals surface area (Å²) in [6.45, 7) is 6.86. The van der Waals surface area contributed by atoms with Gasteiger partial charge in [0, 0.05) is 26.3 Å². The van der Waals surface area contributed by atoms with Crippen molar-refractivity contribution in [3.63, 3.8) is 0 Å². The van der Waals surface area contributed by atoms with Crippen molar-refractivity contribution in [3.8, 4) is 0 Å². The van der Waals surface area contributed by atoms with Crippen LogP contribution in [0.2, 0.25) is 0 Å². The summed E-state index contributed by atoms with van der Waals surface area (Å²) in [6.07, 6.45) is 8.50. The highest BCUT2D eigenvalue weighted by Crippen LogP contribution is 2.18. The Bertz CT molecular complexity index is 274. The minimum absolute atomic E-state index is 0.0241. The summed E-state index contributed by atoms with van der Waals surface area (Å²) in [7, 11) is 0. The molecule has 2 atom stereocenters. The average Bonchev–Trinajstić information content (AvgIpc) is 3.11. The maximum absolute atomic E-state index is 11.8. The molecule has 0 saturated carbocycles. The topological polar surface area (TPSA) is 38.8 Å². The van der Waals surface area contributed by atoms with Gasteiger partial charge in [0.15, 0.2) is 0 Å². The summed E-state index contributed by atoms with van der Waals surface area (Å²) >= 11 is 0. The first-order chi connectivity index (χ1) is 9.29. The van der Waals surface area contributed by atoms with E-state index in [1.807, 2.05) is 4.90 Å². The van der Waals surface area contributed by atoms with Crippen LogP contribution < -0.4 is 0 Å². The molecule has 0 aromatic heterocycles. The van der Waals surface area contributed by atoms with E-state index in [4.69, 9.17) is 9.47 Å². The Hall–Kier alpha value is -0.870. The first-order valence-electron chi connectivity index (χ1n) is 7.44. The van der Waals surface area contributed by atoms with Gasteiger partial charge in [0.2, 0.25) is 5.91 Å². The molecular formula is C15H25NO3. The molecule has 4 nitrogen and oxygen atoms in total. The summed E-state index contributed by atoms with van der Waals surface area (Å²) in [5.74, 6) is 0.0241. The molecule has 2 aliphatic heterocycles. The lowest BCUT2D eigenvalue weighted by Crippen LogP contribution is -2.34. The van der Waals surface area contributed by atoms with Crippen LogP contribution in [0.5, 0.6) is 0 Å². The first-order valence-corrected chi connectivity index (χ1v) is 7.44. The van der Waals surface area contributed by atoms with E-state index < -0.39 is 0 Å². The van der Waals surface area contributed by atoms with Crippen molar-refractivity contribution in [1.82, 2.24) is 4.90 Å². The van der Waals surface area contributed by atoms with Crippen LogP contribution in [0.3, 0.4) is 0 Å². The Morgan fingerprint density at radius 1 is 1.11 bits per heavy atom. The molecule has 0 aromatic rings. The predicted molar refractivity (Wildman–Crippen MR) is 74.0 cm³/mol. The van der Waals surface area contributed by atoms with E-state index in [-0.39, 0.29) is 5.91 Å². The number of hydrogen-bond donors (Lipinski definition) is 0. The number of rotatable bonds is 7. The summed E-state index contributed by atoms with van der Waals surface area (Å²) in [5, 5.41) is 0. The number of carbonyl (C=O) groups is 1. The van der Waals surface area contributed by atoms with Crippen LogP contribution in [0.1, 0.15) is 38.5 Å². The summed E-state index contributed by atoms with van der Waals surface area (Å²) in [4.78, 5) is 13.7. The lowest BCUT2D eigenvalue weighted by Gasteiger charge is -2.24. The highest BCUT2D eigenvalue weighted by atomic mass is 16.5. The van der Waals surface area contributed by atoms with Crippen LogP contribution in [-0.2, 0) is 14.3 Å². The standard InChI is InChI=1S/C15H25NO3/c1-2-15(17)16(9-7-13-5-3-11-18-13)10-8-14-6-4-12-19-14/h2,13-14H,1,3-12H2. The van der Waals surface area contributed by atoms with E-state index >= 15 is 0 Å². The Kier molecular flexibility index (Phi) is 5.86. The predicted octanol–water partition coefficient (Wildman–Crippen LogP) is 2.14. The monoisotopic (exact) mass is 267 g/mol. The lowest BCUT2D eigenvalue weighted by molar-refractivity contribution is -0.126. The van der Waals surface area contributed by atoms with E-state index in [1.165, 1.54) is 6.08 Å². The third kappa shape index (κ3) is 4.62. The fourth-order valence-electron chi connectivity index (χ4n) is 2.80. The Balaban J connectivity index is 1.73. The molecule has 0 radical (unpaired) electrons. The van der Waals surface area contributed by atoms with Crippen LogP contribution in [0, 0.1) is 0 Å². The van der Waals surface area contributed by atoms with Gasteiger partial charge < -0.3 is 14.4 Å². The van der Waals surface area contributed by atoms with Crippen LogP contribution in [0.25, 0.3) is 0 Å². The van der Waals surface area contributed by atoms with Gasteiger partial charge in [-0.05, 0) is 44.6 Å². The molecule has 0 bridgehead atoms. The van der Waals surface area contributed by atoms with Gasteiger partial charge in [-0.15, -0.1) is 0 Å². The molecule has 2 unspecified atom stereocenters. The minimum Gasteiger partial charge on any atom is -0.378 e. The molecule has 2 rings (SSSR count). The SMILES string of the molecule is C=CC(=O)N(CCC1CCCO1)CCC1CCCO1. The molecule has 0 spiro atoms. The number of nitrogens with zero attached hydrogens (tertiary/aromatic N) is 1. The first kappa shape index (κ1) is 14.5. The molecule has 2 heterocycles. The number of amides is 1. The van der Waals surface area contributed by atoms with Gasteiger partial charge in [0.1, 0.15) is 0 Å². The smallest absolute Gasteiger partial charge is 0.245 e. The number of ether oxygens (including phenoxy) is 2. The van der Waals surface area contributed by atoms with Crippen molar-refractivity contribution in [1.29, 1.82) is 0 Å². The maximum Gasteiger partial charge on any atom is 0.245 e. The van der Waals surface area contributed by atoms with Gasteiger partial charge in [-0.1, -0.05) is 6.58 Å². The zero-order valence-corrected chi connectivity index (χ0v) is 11.7. The highest BCUT2D eigenvalue weighted by molar-refractivity contribution is 5.86. The van der Waals surface area contributed by atoms with Crippen LogP contribution in [-0.4, -0.2) is 49.3 Å². The number of carbonyl (C=O) groups excluding carboxylic acids is 1. The lowest BCUT2D eigenvalue weighted by atomic mass is 10.1. The fourth-order valence-corrected chi connectivity index (χ4v) is 2.80. The summed E-state index contributed by atoms with van der Waals surface area (Å²) in [5.41, 5.74) is 0. The van der Waals surface area contributed by atoms with E-state index in [2.05, 4.69) is 6.58 Å². The molecule has 1 amide bonds. The molecule has 0 aliphatic carbocycles. The maximum atomic E-state index is 11.8. The second kappa shape index (κ2) is 7.65. The van der Waals surface area contributed by atoms with Gasteiger partial charge in [0.05, 0.1) is 12.2 Å². The average molecular weight is 267 g/mol. The van der Waals surface area contributed by atoms with E-state index in [1.54, 1.807) is 0 Å². The van der Waals surface area contributed by atoms with Gasteiger partial charge in [0.25, 0.3) is 0 Å². The Morgan fingerprint density at radius 3 is 2.00 bits per heavy atom. The number of hydrogen-bond acceptors (Lipinski definition) is 3. The molecule has 108 valence electrons. The Morgan fingerprint density at radius 2 is 1.63 bits per heavy atom. The molecular weight excluding hydrogens is 242 g/mol. The van der Waals surface area contributed by atoms with Crippen molar-refractivity contribution in [2.75, 3.05) is 26.3 Å². The zero-order chi connectivity index (χ0) is 13.5. The third-order valence-corrected chi connectivity index (χ3v) is 3.98. The van der Waals surface area contributed by atoms with Gasteiger partial charge in [-0.25, -0.2) is 0 Å². The van der Waals surface area contributed by atoms with Crippen molar-refractivity contribution < 1.29 is 14.3 Å². The molecule has 2 aliphatic rings. The normalized spacial score (nSPS) is 26.5. The van der Waals surface area contributed by atoms with Gasteiger partial charge in [-0.2, -0.15) is 0 Å². The quantitative estimate of drug-likeness (QED) is 0.663. The van der Waals surface area contributed by atoms with Crippen LogP contribution in [0.4, 0.5) is 0 Å². The van der Waals surface area contributed by atoms with Gasteiger partial charge in [-0.3, -0.25) is 4.79 Å². The summed E-state index contributed by atoms with van der Waals surface area (Å²) < 4.78 is 11.2. The van der Waals surface area contributed by atoms with Crippen LogP contribution in [0.15, 0.2) is 12.7 Å². The van der Waals surface area contributed by atoms with E-state index in [0.717, 1.165) is 64.8 Å². The van der Waals surface area contributed by atoms with Crippen molar-refractivity contribution in [2.24, 2.45) is 0 Å². The minimum atomic E-state index is 0.0241. The van der Waals surface area contributed by atoms with E-state index in [0.29, 0.717) is 12.2 Å².